The highest BCUT2D eigenvalue weighted by Crippen LogP contribution is 2.60. The first-order chi connectivity index (χ1) is 7.83. The summed E-state index contributed by atoms with van der Waals surface area (Å²) in [6.45, 7) is 7.32. The number of rotatable bonds is 5. The van der Waals surface area contributed by atoms with E-state index >= 15 is 0 Å². The minimum atomic E-state index is -3.24. The van der Waals surface area contributed by atoms with Gasteiger partial charge in [0.1, 0.15) is 0 Å². The van der Waals surface area contributed by atoms with E-state index in [9.17, 15) is 9.67 Å². The average Bonchev–Trinajstić information content (AvgIpc) is 2.14. The Hall–Kier alpha value is -0.150. The van der Waals surface area contributed by atoms with Gasteiger partial charge in [-0.25, -0.2) is 0 Å². The number of aliphatic hydroxyl groups excluding tert-OH is 1. The lowest BCUT2D eigenvalue weighted by molar-refractivity contribution is 0.144. The van der Waals surface area contributed by atoms with Gasteiger partial charge in [-0.15, -0.1) is 0 Å². The first-order valence-corrected chi connectivity index (χ1v) is 7.74. The number of allylic oxidation sites excluding steroid dienone is 1. The highest BCUT2D eigenvalue weighted by Gasteiger charge is 2.34. The normalized spacial score (nSPS) is 22.1. The maximum Gasteiger partial charge on any atom is 0.357 e. The molecule has 1 aliphatic carbocycles. The molecule has 4 nitrogen and oxygen atoms in total. The van der Waals surface area contributed by atoms with Crippen LogP contribution < -0.4 is 0 Å². The Morgan fingerprint density at radius 3 is 2.24 bits per heavy atom. The van der Waals surface area contributed by atoms with Crippen molar-refractivity contribution in [3.8, 4) is 0 Å². The van der Waals surface area contributed by atoms with E-state index in [-0.39, 0.29) is 12.2 Å². The second-order valence-electron chi connectivity index (χ2n) is 4.92. The summed E-state index contributed by atoms with van der Waals surface area (Å²) in [5.74, 6) is 0. The van der Waals surface area contributed by atoms with Crippen molar-refractivity contribution in [1.82, 2.24) is 0 Å². The number of hydrogen-bond donors (Lipinski definition) is 1. The molecule has 0 aromatic rings. The predicted molar refractivity (Wildman–Crippen MR) is 68.0 cm³/mol. The van der Waals surface area contributed by atoms with Crippen LogP contribution >= 0.6 is 7.60 Å². The van der Waals surface area contributed by atoms with Crippen molar-refractivity contribution >= 4 is 7.60 Å². The summed E-state index contributed by atoms with van der Waals surface area (Å²) < 4.78 is 23.7. The molecule has 1 atom stereocenters. The van der Waals surface area contributed by atoms with Crippen molar-refractivity contribution in [3.05, 3.63) is 11.4 Å². The van der Waals surface area contributed by atoms with Crippen LogP contribution in [-0.4, -0.2) is 23.4 Å². The highest BCUT2D eigenvalue weighted by atomic mass is 31.2. The molecule has 0 aromatic heterocycles. The maximum atomic E-state index is 12.7. The van der Waals surface area contributed by atoms with Crippen LogP contribution in [0.3, 0.4) is 0 Å². The third-order valence-electron chi connectivity index (χ3n) is 2.37. The molecule has 0 unspecified atom stereocenters. The first-order valence-electron chi connectivity index (χ1n) is 6.19. The zero-order chi connectivity index (χ0) is 13.1. The van der Waals surface area contributed by atoms with Crippen molar-refractivity contribution in [3.63, 3.8) is 0 Å². The highest BCUT2D eigenvalue weighted by molar-refractivity contribution is 7.58. The summed E-state index contributed by atoms with van der Waals surface area (Å²) in [7, 11) is -3.24. The molecule has 17 heavy (non-hydrogen) atoms. The lowest BCUT2D eigenvalue weighted by atomic mass is 10.1. The summed E-state index contributed by atoms with van der Waals surface area (Å²) in [6, 6.07) is 0. The first kappa shape index (κ1) is 14.9. The van der Waals surface area contributed by atoms with E-state index in [2.05, 4.69) is 0 Å². The summed E-state index contributed by atoms with van der Waals surface area (Å²) in [5, 5.41) is 10.2. The van der Waals surface area contributed by atoms with Crippen LogP contribution in [0.15, 0.2) is 11.4 Å². The molecule has 0 saturated heterocycles. The molecule has 1 rings (SSSR count). The molecular formula is C12H23O4P. The Bertz CT molecular complexity index is 308. The zero-order valence-corrected chi connectivity index (χ0v) is 11.9. The van der Waals surface area contributed by atoms with Gasteiger partial charge in [-0.1, -0.05) is 0 Å². The van der Waals surface area contributed by atoms with E-state index in [0.717, 1.165) is 6.42 Å². The van der Waals surface area contributed by atoms with Crippen molar-refractivity contribution < 1.29 is 18.7 Å². The summed E-state index contributed by atoms with van der Waals surface area (Å²) in [4.78, 5) is 0. The number of aliphatic hydroxyl groups is 1. The van der Waals surface area contributed by atoms with Crippen molar-refractivity contribution in [1.29, 1.82) is 0 Å². The van der Waals surface area contributed by atoms with Gasteiger partial charge in [-0.05, 0) is 53.0 Å². The molecule has 0 heterocycles. The van der Waals surface area contributed by atoms with Gasteiger partial charge in [0.05, 0.1) is 18.3 Å². The Morgan fingerprint density at radius 2 is 1.82 bits per heavy atom. The van der Waals surface area contributed by atoms with Crippen LogP contribution in [-0.2, 0) is 13.6 Å². The van der Waals surface area contributed by atoms with Crippen LogP contribution in [0.1, 0.15) is 47.0 Å². The molecule has 0 amide bonds. The van der Waals surface area contributed by atoms with Gasteiger partial charge in [0.15, 0.2) is 0 Å². The SMILES string of the molecule is CC(C)OP(=O)(OC(C)C)C1=C[C@@H](O)CCC1. The van der Waals surface area contributed by atoms with E-state index in [0.29, 0.717) is 18.2 Å². The molecule has 1 aliphatic rings. The number of hydrogen-bond acceptors (Lipinski definition) is 4. The largest absolute Gasteiger partial charge is 0.389 e. The second kappa shape index (κ2) is 6.14. The van der Waals surface area contributed by atoms with Crippen molar-refractivity contribution in [2.45, 2.75) is 65.3 Å². The average molecular weight is 262 g/mol. The maximum absolute atomic E-state index is 12.7. The van der Waals surface area contributed by atoms with Gasteiger partial charge >= 0.3 is 7.60 Å². The second-order valence-corrected chi connectivity index (χ2v) is 6.91. The fourth-order valence-corrected chi connectivity index (χ4v) is 4.04. The van der Waals surface area contributed by atoms with Gasteiger partial charge in [0, 0.05) is 5.31 Å². The minimum Gasteiger partial charge on any atom is -0.389 e. The standard InChI is InChI=1S/C12H23O4P/c1-9(2)15-17(14,16-10(3)4)12-7-5-6-11(13)8-12/h8-11,13H,5-7H2,1-4H3/t11-/m0/s1. The van der Waals surface area contributed by atoms with E-state index < -0.39 is 13.7 Å². The van der Waals surface area contributed by atoms with Gasteiger partial charge < -0.3 is 14.2 Å². The van der Waals surface area contributed by atoms with Crippen molar-refractivity contribution in [2.24, 2.45) is 0 Å². The third kappa shape index (κ3) is 4.55. The smallest absolute Gasteiger partial charge is 0.357 e. The van der Waals surface area contributed by atoms with E-state index in [1.807, 2.05) is 27.7 Å². The predicted octanol–water partition coefficient (Wildman–Crippen LogP) is 3.46. The van der Waals surface area contributed by atoms with Gasteiger partial charge in [-0.2, -0.15) is 0 Å². The fourth-order valence-electron chi connectivity index (χ4n) is 1.82. The molecule has 0 bridgehead atoms. The topological polar surface area (TPSA) is 55.8 Å². The molecule has 0 spiro atoms. The van der Waals surface area contributed by atoms with Crippen molar-refractivity contribution in [2.75, 3.05) is 0 Å². The van der Waals surface area contributed by atoms with Gasteiger partial charge in [0.2, 0.25) is 0 Å². The third-order valence-corrected chi connectivity index (χ3v) is 4.84. The zero-order valence-electron chi connectivity index (χ0n) is 11.0. The van der Waals surface area contributed by atoms with Crippen LogP contribution in [0.25, 0.3) is 0 Å². The van der Waals surface area contributed by atoms with Crippen LogP contribution in [0.4, 0.5) is 0 Å². The quantitative estimate of drug-likeness (QED) is 0.771. The summed E-state index contributed by atoms with van der Waals surface area (Å²) in [6.07, 6.45) is 2.98. The molecule has 0 aliphatic heterocycles. The van der Waals surface area contributed by atoms with Gasteiger partial charge in [0.25, 0.3) is 0 Å². The molecule has 5 heteroatoms. The monoisotopic (exact) mass is 262 g/mol. The lowest BCUT2D eigenvalue weighted by Gasteiger charge is -2.27. The van der Waals surface area contributed by atoms with E-state index in [1.54, 1.807) is 6.08 Å². The molecule has 0 aromatic carbocycles. The molecule has 0 radical (unpaired) electrons. The molecule has 0 saturated carbocycles. The molecule has 100 valence electrons. The van der Waals surface area contributed by atoms with Gasteiger partial charge in [-0.3, -0.25) is 4.57 Å². The van der Waals surface area contributed by atoms with E-state index in [4.69, 9.17) is 9.05 Å². The Morgan fingerprint density at radius 1 is 1.29 bits per heavy atom. The molecular weight excluding hydrogens is 239 g/mol. The minimum absolute atomic E-state index is 0.167. The summed E-state index contributed by atoms with van der Waals surface area (Å²) >= 11 is 0. The van der Waals surface area contributed by atoms with Crippen LogP contribution in [0.5, 0.6) is 0 Å². The Kier molecular flexibility index (Phi) is 5.39. The lowest BCUT2D eigenvalue weighted by Crippen LogP contribution is -2.14. The molecule has 0 fully saturated rings. The Balaban J connectivity index is 2.92. The fraction of sp³-hybridized carbons (Fsp3) is 0.833. The van der Waals surface area contributed by atoms with Crippen LogP contribution in [0, 0.1) is 0 Å². The van der Waals surface area contributed by atoms with E-state index in [1.165, 1.54) is 0 Å². The Labute approximate surface area is 104 Å². The molecule has 1 N–H and O–H groups in total. The summed E-state index contributed by atoms with van der Waals surface area (Å²) in [5.41, 5.74) is 0. The van der Waals surface area contributed by atoms with Crippen LogP contribution in [0.2, 0.25) is 0 Å².